The van der Waals surface area contributed by atoms with Crippen LogP contribution in [0.5, 0.6) is 0 Å². The minimum Gasteiger partial charge on any atom is -0.437 e. The van der Waals surface area contributed by atoms with Crippen molar-refractivity contribution in [3.8, 4) is 28.3 Å². The van der Waals surface area contributed by atoms with Crippen molar-refractivity contribution in [1.82, 2.24) is 9.55 Å². The van der Waals surface area contributed by atoms with Crippen molar-refractivity contribution in [3.05, 3.63) is 93.5 Å². The Bertz CT molecular complexity index is 1480. The van der Waals surface area contributed by atoms with Gasteiger partial charge >= 0.3 is 0 Å². The lowest BCUT2D eigenvalue weighted by molar-refractivity contribution is -0.0975. The summed E-state index contributed by atoms with van der Waals surface area (Å²) >= 11 is 0. The molecule has 2 heterocycles. The molecule has 0 fully saturated rings. The molecule has 0 aliphatic heterocycles. The zero-order valence-corrected chi connectivity index (χ0v) is 20.6. The van der Waals surface area contributed by atoms with E-state index < -0.39 is 28.6 Å². The minimum atomic E-state index is -1.83. The SMILES string of the molecule is COCC(O)(COC)c1nc(-c2ccc(=O)n(-c3c(C)cc(F)cc3C)c2)c(-c2ccc(F)cc2F)o1. The standard InChI is InChI=1S/C27H25F3N2O5/c1-15-9-19(29)10-16(2)24(15)32-12-17(5-8-22(32)33)23-25(20-7-6-18(28)11-21(20)30)37-26(31-23)27(34,13-35-3)14-36-4/h5-12,34H,13-14H2,1-4H3. The molecule has 1 N–H and O–H groups in total. The molecule has 10 heteroatoms. The van der Waals surface area contributed by atoms with Crippen molar-refractivity contribution in [2.24, 2.45) is 0 Å². The number of aliphatic hydroxyl groups is 1. The summed E-state index contributed by atoms with van der Waals surface area (Å²) in [4.78, 5) is 17.3. The molecular formula is C27H25F3N2O5. The first-order valence-electron chi connectivity index (χ1n) is 11.2. The fraction of sp³-hybridized carbons (Fsp3) is 0.259. The van der Waals surface area contributed by atoms with Crippen LogP contribution in [0.2, 0.25) is 0 Å². The first-order chi connectivity index (χ1) is 17.6. The molecule has 0 amide bonds. The topological polar surface area (TPSA) is 86.7 Å². The smallest absolute Gasteiger partial charge is 0.255 e. The van der Waals surface area contributed by atoms with Gasteiger partial charge in [-0.3, -0.25) is 9.36 Å². The lowest BCUT2D eigenvalue weighted by Crippen LogP contribution is -2.36. The number of pyridine rings is 1. The average Bonchev–Trinajstić information content (AvgIpc) is 3.26. The van der Waals surface area contributed by atoms with Crippen LogP contribution in [-0.4, -0.2) is 42.1 Å². The third kappa shape index (κ3) is 5.08. The van der Waals surface area contributed by atoms with Crippen LogP contribution in [0.1, 0.15) is 17.0 Å². The Labute approximate surface area is 210 Å². The molecule has 0 atom stereocenters. The van der Waals surface area contributed by atoms with Gasteiger partial charge in [0, 0.05) is 38.1 Å². The van der Waals surface area contributed by atoms with Gasteiger partial charge in [-0.05, 0) is 55.3 Å². The average molecular weight is 515 g/mol. The second-order valence-electron chi connectivity index (χ2n) is 8.73. The Morgan fingerprint density at radius 1 is 0.973 bits per heavy atom. The van der Waals surface area contributed by atoms with Gasteiger partial charge in [0.1, 0.15) is 23.1 Å². The van der Waals surface area contributed by atoms with Crippen LogP contribution in [0.25, 0.3) is 28.3 Å². The van der Waals surface area contributed by atoms with E-state index in [1.165, 1.54) is 55.3 Å². The van der Waals surface area contributed by atoms with E-state index in [1.54, 1.807) is 13.8 Å². The second-order valence-corrected chi connectivity index (χ2v) is 8.73. The van der Waals surface area contributed by atoms with E-state index in [0.29, 0.717) is 28.4 Å². The molecule has 0 bridgehead atoms. The number of ether oxygens (including phenoxy) is 2. The van der Waals surface area contributed by atoms with Gasteiger partial charge in [-0.2, -0.15) is 0 Å². The number of hydrogen-bond acceptors (Lipinski definition) is 6. The fourth-order valence-corrected chi connectivity index (χ4v) is 4.30. The number of aromatic nitrogens is 2. The predicted molar refractivity (Wildman–Crippen MR) is 130 cm³/mol. The molecule has 7 nitrogen and oxygen atoms in total. The molecule has 0 aliphatic rings. The second kappa shape index (κ2) is 10.3. The van der Waals surface area contributed by atoms with Gasteiger partial charge in [-0.1, -0.05) is 0 Å². The van der Waals surface area contributed by atoms with Crippen LogP contribution in [0.4, 0.5) is 13.2 Å². The van der Waals surface area contributed by atoms with E-state index in [2.05, 4.69) is 4.98 Å². The Balaban J connectivity index is 1.98. The van der Waals surface area contributed by atoms with Crippen LogP contribution in [0.15, 0.2) is 57.9 Å². The van der Waals surface area contributed by atoms with E-state index in [4.69, 9.17) is 13.9 Å². The van der Waals surface area contributed by atoms with Crippen molar-refractivity contribution in [3.63, 3.8) is 0 Å². The summed E-state index contributed by atoms with van der Waals surface area (Å²) in [5, 5.41) is 11.2. The third-order valence-electron chi connectivity index (χ3n) is 5.85. The largest absolute Gasteiger partial charge is 0.437 e. The normalized spacial score (nSPS) is 11.8. The zero-order chi connectivity index (χ0) is 26.9. The summed E-state index contributed by atoms with van der Waals surface area (Å²) in [7, 11) is 2.74. The quantitative estimate of drug-likeness (QED) is 0.368. The highest BCUT2D eigenvalue weighted by molar-refractivity contribution is 5.77. The van der Waals surface area contributed by atoms with Gasteiger partial charge in [0.25, 0.3) is 5.56 Å². The van der Waals surface area contributed by atoms with E-state index in [0.717, 1.165) is 6.07 Å². The molecule has 0 saturated heterocycles. The molecule has 0 saturated carbocycles. The number of aryl methyl sites for hydroxylation is 2. The monoisotopic (exact) mass is 514 g/mol. The zero-order valence-electron chi connectivity index (χ0n) is 20.6. The maximum Gasteiger partial charge on any atom is 0.255 e. The molecule has 0 unspecified atom stereocenters. The lowest BCUT2D eigenvalue weighted by Gasteiger charge is -2.22. The molecule has 4 aromatic rings. The molecule has 194 valence electrons. The maximum atomic E-state index is 14.9. The molecule has 0 radical (unpaired) electrons. The molecular weight excluding hydrogens is 489 g/mol. The van der Waals surface area contributed by atoms with Gasteiger partial charge in [0.05, 0.1) is 24.5 Å². The molecule has 4 rings (SSSR count). The third-order valence-corrected chi connectivity index (χ3v) is 5.85. The fourth-order valence-electron chi connectivity index (χ4n) is 4.30. The first kappa shape index (κ1) is 26.3. The van der Waals surface area contributed by atoms with Crippen LogP contribution < -0.4 is 5.56 Å². The summed E-state index contributed by atoms with van der Waals surface area (Å²) < 4.78 is 59.8. The summed E-state index contributed by atoms with van der Waals surface area (Å²) in [5.74, 6) is -2.46. The molecule has 37 heavy (non-hydrogen) atoms. The van der Waals surface area contributed by atoms with Gasteiger partial charge in [0.2, 0.25) is 5.89 Å². The van der Waals surface area contributed by atoms with Gasteiger partial charge in [0.15, 0.2) is 11.4 Å². The van der Waals surface area contributed by atoms with Crippen LogP contribution in [0.3, 0.4) is 0 Å². The number of halogens is 3. The molecule has 0 spiro atoms. The van der Waals surface area contributed by atoms with Gasteiger partial charge in [-0.25, -0.2) is 18.2 Å². The molecule has 0 aliphatic carbocycles. The van der Waals surface area contributed by atoms with Gasteiger partial charge < -0.3 is 19.0 Å². The number of methoxy groups -OCH3 is 2. The summed E-state index contributed by atoms with van der Waals surface area (Å²) in [5.41, 5.74) is -0.401. The van der Waals surface area contributed by atoms with Gasteiger partial charge in [-0.15, -0.1) is 0 Å². The highest BCUT2D eigenvalue weighted by Crippen LogP contribution is 2.37. The summed E-state index contributed by atoms with van der Waals surface area (Å²) in [6, 6.07) is 8.32. The number of nitrogens with zero attached hydrogens (tertiary/aromatic N) is 2. The summed E-state index contributed by atoms with van der Waals surface area (Å²) in [6.07, 6.45) is 1.47. The Hall–Kier alpha value is -3.73. The Morgan fingerprint density at radius 3 is 2.22 bits per heavy atom. The lowest BCUT2D eigenvalue weighted by atomic mass is 10.1. The molecule has 2 aromatic carbocycles. The summed E-state index contributed by atoms with van der Waals surface area (Å²) in [6.45, 7) is 2.85. The van der Waals surface area contributed by atoms with E-state index in [-0.39, 0.29) is 36.1 Å². The maximum absolute atomic E-state index is 14.9. The number of hydrogen-bond donors (Lipinski definition) is 1. The molecule has 2 aromatic heterocycles. The Kier molecular flexibility index (Phi) is 7.35. The predicted octanol–water partition coefficient (Wildman–Crippen LogP) is 4.67. The Morgan fingerprint density at radius 2 is 1.62 bits per heavy atom. The highest BCUT2D eigenvalue weighted by atomic mass is 19.1. The van der Waals surface area contributed by atoms with E-state index in [9.17, 15) is 23.1 Å². The minimum absolute atomic E-state index is 0.0808. The number of rotatable bonds is 8. The van der Waals surface area contributed by atoms with E-state index in [1.807, 2.05) is 0 Å². The van der Waals surface area contributed by atoms with Crippen LogP contribution in [-0.2, 0) is 15.1 Å². The first-order valence-corrected chi connectivity index (χ1v) is 11.2. The van der Waals surface area contributed by atoms with Crippen LogP contribution >= 0.6 is 0 Å². The van der Waals surface area contributed by atoms with Crippen molar-refractivity contribution < 1.29 is 32.2 Å². The number of benzene rings is 2. The number of oxazole rings is 1. The van der Waals surface area contributed by atoms with Crippen LogP contribution in [0, 0.1) is 31.3 Å². The van der Waals surface area contributed by atoms with Crippen molar-refractivity contribution in [2.75, 3.05) is 27.4 Å². The van der Waals surface area contributed by atoms with Crippen molar-refractivity contribution in [2.45, 2.75) is 19.4 Å². The van der Waals surface area contributed by atoms with E-state index >= 15 is 0 Å². The van der Waals surface area contributed by atoms with Crippen molar-refractivity contribution in [1.29, 1.82) is 0 Å². The highest BCUT2D eigenvalue weighted by Gasteiger charge is 2.37. The van der Waals surface area contributed by atoms with Crippen molar-refractivity contribution >= 4 is 0 Å².